The number of nitrogens with one attached hydrogen (secondary N) is 1. The molecule has 7 heteroatoms. The third-order valence-corrected chi connectivity index (χ3v) is 4.28. The molecule has 0 spiro atoms. The fourth-order valence-corrected chi connectivity index (χ4v) is 2.67. The van der Waals surface area contributed by atoms with E-state index in [2.05, 4.69) is 9.71 Å². The van der Waals surface area contributed by atoms with Crippen molar-refractivity contribution >= 4 is 10.0 Å². The molecule has 0 amide bonds. The molecule has 0 atom stereocenters. The van der Waals surface area contributed by atoms with Crippen LogP contribution in [-0.2, 0) is 30.0 Å². The molecular formula is C13H14N4O2S. The van der Waals surface area contributed by atoms with Gasteiger partial charge in [0.2, 0.25) is 10.0 Å². The lowest BCUT2D eigenvalue weighted by Gasteiger charge is -2.07. The van der Waals surface area contributed by atoms with Gasteiger partial charge in [0.1, 0.15) is 5.82 Å². The molecule has 2 rings (SSSR count). The molecule has 0 bridgehead atoms. The Labute approximate surface area is 117 Å². The number of rotatable bonds is 5. The lowest BCUT2D eigenvalue weighted by Crippen LogP contribution is -2.24. The number of nitrogens with zero attached hydrogens (tertiary/aromatic N) is 3. The summed E-state index contributed by atoms with van der Waals surface area (Å²) in [6, 6.07) is 8.28. The predicted octanol–water partition coefficient (Wildman–Crippen LogP) is 0.965. The molecule has 1 heterocycles. The molecule has 0 aliphatic rings. The van der Waals surface area contributed by atoms with Gasteiger partial charge in [-0.05, 0) is 17.7 Å². The summed E-state index contributed by atoms with van der Waals surface area (Å²) < 4.78 is 28.4. The summed E-state index contributed by atoms with van der Waals surface area (Å²) in [5.41, 5.74) is 0.788. The van der Waals surface area contributed by atoms with Gasteiger partial charge in [0.05, 0.1) is 23.9 Å². The molecule has 1 aromatic heterocycles. The smallest absolute Gasteiger partial charge is 0.240 e. The van der Waals surface area contributed by atoms with E-state index in [1.165, 1.54) is 12.1 Å². The maximum atomic E-state index is 12.1. The summed E-state index contributed by atoms with van der Waals surface area (Å²) in [5, 5.41) is 8.57. The topological polar surface area (TPSA) is 87.8 Å². The van der Waals surface area contributed by atoms with Gasteiger partial charge in [-0.3, -0.25) is 0 Å². The minimum atomic E-state index is -3.57. The molecule has 6 nitrogen and oxygen atoms in total. The van der Waals surface area contributed by atoms with E-state index >= 15 is 0 Å². The molecule has 2 aromatic rings. The highest BCUT2D eigenvalue weighted by molar-refractivity contribution is 7.89. The Morgan fingerprint density at radius 2 is 2.05 bits per heavy atom. The highest BCUT2D eigenvalue weighted by Crippen LogP contribution is 2.11. The summed E-state index contributed by atoms with van der Waals surface area (Å²) in [7, 11) is -1.77. The van der Waals surface area contributed by atoms with Crippen molar-refractivity contribution in [3.8, 4) is 6.07 Å². The zero-order valence-electron chi connectivity index (χ0n) is 10.9. The van der Waals surface area contributed by atoms with Gasteiger partial charge in [0.25, 0.3) is 0 Å². The molecule has 0 saturated carbocycles. The summed E-state index contributed by atoms with van der Waals surface area (Å²) in [5.74, 6) is 0.634. The van der Waals surface area contributed by atoms with E-state index in [0.29, 0.717) is 5.82 Å². The number of hydrogen-bond donors (Lipinski definition) is 1. The van der Waals surface area contributed by atoms with Crippen LogP contribution in [-0.4, -0.2) is 18.0 Å². The van der Waals surface area contributed by atoms with Crippen molar-refractivity contribution in [1.29, 1.82) is 5.26 Å². The number of hydrogen-bond acceptors (Lipinski definition) is 4. The largest absolute Gasteiger partial charge is 0.337 e. The lowest BCUT2D eigenvalue weighted by atomic mass is 10.2. The highest BCUT2D eigenvalue weighted by atomic mass is 32.2. The average molecular weight is 290 g/mol. The Kier molecular flexibility index (Phi) is 4.17. The van der Waals surface area contributed by atoms with Gasteiger partial charge in [-0.25, -0.2) is 18.1 Å². The maximum Gasteiger partial charge on any atom is 0.240 e. The molecule has 20 heavy (non-hydrogen) atoms. The monoisotopic (exact) mass is 290 g/mol. The second-order valence-corrected chi connectivity index (χ2v) is 6.02. The van der Waals surface area contributed by atoms with Gasteiger partial charge >= 0.3 is 0 Å². The van der Waals surface area contributed by atoms with Gasteiger partial charge in [-0.15, -0.1) is 0 Å². The zero-order chi connectivity index (χ0) is 14.6. The molecule has 0 aliphatic heterocycles. The van der Waals surface area contributed by atoms with Crippen LogP contribution in [0.25, 0.3) is 0 Å². The van der Waals surface area contributed by atoms with E-state index in [4.69, 9.17) is 5.26 Å². The van der Waals surface area contributed by atoms with Crippen LogP contribution in [0.15, 0.2) is 41.6 Å². The van der Waals surface area contributed by atoms with Crippen LogP contribution in [0, 0.1) is 11.3 Å². The Hall–Kier alpha value is -2.17. The fourth-order valence-electron chi connectivity index (χ4n) is 1.69. The van der Waals surface area contributed by atoms with Crippen LogP contribution in [0.4, 0.5) is 0 Å². The number of sulfonamides is 1. The van der Waals surface area contributed by atoms with Crippen molar-refractivity contribution in [1.82, 2.24) is 14.3 Å². The second kappa shape index (κ2) is 5.86. The molecule has 0 saturated heterocycles. The Morgan fingerprint density at radius 1 is 1.35 bits per heavy atom. The molecule has 104 valence electrons. The first-order valence-electron chi connectivity index (χ1n) is 5.94. The van der Waals surface area contributed by atoms with Crippen LogP contribution in [0.3, 0.4) is 0 Å². The number of imidazole rings is 1. The van der Waals surface area contributed by atoms with Crippen molar-refractivity contribution in [3.05, 3.63) is 48.0 Å². The standard InChI is InChI=1S/C13H14N4O2S/c1-17-9-8-15-13(17)10-16-20(18,19)12-4-2-11(3-5-12)6-7-14/h2-5,8-9,16H,6,10H2,1H3. The van der Waals surface area contributed by atoms with Crippen LogP contribution in [0.1, 0.15) is 11.4 Å². The minimum absolute atomic E-state index is 0.131. The second-order valence-electron chi connectivity index (χ2n) is 4.26. The van der Waals surface area contributed by atoms with E-state index in [-0.39, 0.29) is 17.9 Å². The first kappa shape index (κ1) is 14.2. The number of benzene rings is 1. The minimum Gasteiger partial charge on any atom is -0.337 e. The number of aromatic nitrogens is 2. The van der Waals surface area contributed by atoms with Crippen LogP contribution in [0.2, 0.25) is 0 Å². The quantitative estimate of drug-likeness (QED) is 0.888. The van der Waals surface area contributed by atoms with Crippen molar-refractivity contribution in [2.24, 2.45) is 7.05 Å². The van der Waals surface area contributed by atoms with Gasteiger partial charge in [0.15, 0.2) is 0 Å². The first-order chi connectivity index (χ1) is 9.53. The first-order valence-corrected chi connectivity index (χ1v) is 7.43. The van der Waals surface area contributed by atoms with Crippen LogP contribution >= 0.6 is 0 Å². The SMILES string of the molecule is Cn1ccnc1CNS(=O)(=O)c1ccc(CC#N)cc1. The predicted molar refractivity (Wildman–Crippen MR) is 73.0 cm³/mol. The third kappa shape index (κ3) is 3.23. The van der Waals surface area contributed by atoms with Crippen molar-refractivity contribution in [3.63, 3.8) is 0 Å². The van der Waals surface area contributed by atoms with Crippen LogP contribution in [0.5, 0.6) is 0 Å². The highest BCUT2D eigenvalue weighted by Gasteiger charge is 2.14. The van der Waals surface area contributed by atoms with E-state index in [9.17, 15) is 8.42 Å². The van der Waals surface area contributed by atoms with Gasteiger partial charge in [0, 0.05) is 19.4 Å². The summed E-state index contributed by atoms with van der Waals surface area (Å²) in [4.78, 5) is 4.23. The number of nitriles is 1. The van der Waals surface area contributed by atoms with E-state index in [1.54, 1.807) is 36.1 Å². The van der Waals surface area contributed by atoms with Gasteiger partial charge < -0.3 is 4.57 Å². The van der Waals surface area contributed by atoms with Gasteiger partial charge in [-0.2, -0.15) is 5.26 Å². The number of aryl methyl sites for hydroxylation is 1. The van der Waals surface area contributed by atoms with Crippen molar-refractivity contribution in [2.75, 3.05) is 0 Å². The Morgan fingerprint density at radius 3 is 2.60 bits per heavy atom. The molecule has 0 fully saturated rings. The fraction of sp³-hybridized carbons (Fsp3) is 0.231. The average Bonchev–Trinajstić information content (AvgIpc) is 2.83. The molecule has 1 aromatic carbocycles. The van der Waals surface area contributed by atoms with E-state index in [1.807, 2.05) is 6.07 Å². The summed E-state index contributed by atoms with van der Waals surface area (Å²) >= 11 is 0. The van der Waals surface area contributed by atoms with Gasteiger partial charge in [-0.1, -0.05) is 12.1 Å². The third-order valence-electron chi connectivity index (χ3n) is 2.86. The zero-order valence-corrected chi connectivity index (χ0v) is 11.8. The summed E-state index contributed by atoms with van der Waals surface area (Å²) in [6.45, 7) is 0.131. The Bertz CT molecular complexity index is 726. The molecular weight excluding hydrogens is 276 g/mol. The summed E-state index contributed by atoms with van der Waals surface area (Å²) in [6.07, 6.45) is 3.63. The van der Waals surface area contributed by atoms with Crippen molar-refractivity contribution in [2.45, 2.75) is 17.9 Å². The van der Waals surface area contributed by atoms with E-state index in [0.717, 1.165) is 5.56 Å². The van der Waals surface area contributed by atoms with Crippen molar-refractivity contribution < 1.29 is 8.42 Å². The molecule has 0 radical (unpaired) electrons. The lowest BCUT2D eigenvalue weighted by molar-refractivity contribution is 0.577. The van der Waals surface area contributed by atoms with Crippen LogP contribution < -0.4 is 4.72 Å². The van der Waals surface area contributed by atoms with E-state index < -0.39 is 10.0 Å². The molecule has 1 N–H and O–H groups in total. The normalized spacial score (nSPS) is 11.2. The molecule has 0 unspecified atom stereocenters. The Balaban J connectivity index is 2.10. The maximum absolute atomic E-state index is 12.1. The molecule has 0 aliphatic carbocycles.